The maximum atomic E-state index is 12.3. The van der Waals surface area contributed by atoms with E-state index in [0.717, 1.165) is 19.3 Å². The summed E-state index contributed by atoms with van der Waals surface area (Å²) in [6.07, 6.45) is 40.5. The van der Waals surface area contributed by atoms with Crippen molar-refractivity contribution in [3.8, 4) is 0 Å². The van der Waals surface area contributed by atoms with Crippen molar-refractivity contribution < 1.29 is 19.2 Å². The molecule has 43 heavy (non-hydrogen) atoms. The van der Waals surface area contributed by atoms with Gasteiger partial charge < -0.3 is 9.84 Å². The lowest BCUT2D eigenvalue weighted by atomic mass is 10.0. The third-order valence-electron chi connectivity index (χ3n) is 9.01. The predicted molar refractivity (Wildman–Crippen MR) is 182 cm³/mol. The van der Waals surface area contributed by atoms with Crippen molar-refractivity contribution in [3.63, 3.8) is 0 Å². The number of hydrogen-bond acceptors (Lipinski definition) is 3. The van der Waals surface area contributed by atoms with Crippen molar-refractivity contribution in [1.29, 1.82) is 0 Å². The van der Waals surface area contributed by atoms with E-state index in [-0.39, 0.29) is 12.6 Å². The van der Waals surface area contributed by atoms with Crippen LogP contribution in [0.15, 0.2) is 12.4 Å². The summed E-state index contributed by atoms with van der Waals surface area (Å²) in [6.45, 7) is 6.45. The van der Waals surface area contributed by atoms with Gasteiger partial charge in [-0.2, -0.15) is 0 Å². The number of hydrogen-bond donors (Lipinski definition) is 1. The molecule has 1 heterocycles. The lowest BCUT2D eigenvalue weighted by Crippen LogP contribution is -2.39. The smallest absolute Gasteiger partial charge is 0.305 e. The molecule has 0 bridgehead atoms. The Morgan fingerprint density at radius 3 is 1.51 bits per heavy atom. The van der Waals surface area contributed by atoms with Gasteiger partial charge in [-0.25, -0.2) is 9.13 Å². The van der Waals surface area contributed by atoms with E-state index in [1.807, 2.05) is 0 Å². The second kappa shape index (κ2) is 30.7. The molecule has 0 spiro atoms. The van der Waals surface area contributed by atoms with E-state index in [1.54, 1.807) is 0 Å². The minimum Gasteiger partial charge on any atom is -0.461 e. The van der Waals surface area contributed by atoms with Crippen LogP contribution in [0.4, 0.5) is 0 Å². The summed E-state index contributed by atoms with van der Waals surface area (Å²) >= 11 is 0. The minimum absolute atomic E-state index is 0.0588. The first kappa shape index (κ1) is 39.7. The van der Waals surface area contributed by atoms with Crippen LogP contribution >= 0.6 is 0 Å². The summed E-state index contributed by atoms with van der Waals surface area (Å²) in [5.74, 6) is 1.18. The summed E-state index contributed by atoms with van der Waals surface area (Å²) in [5, 5.41) is 9.50. The molecule has 5 heteroatoms. The van der Waals surface area contributed by atoms with E-state index >= 15 is 0 Å². The number of imidazole rings is 1. The molecule has 0 saturated carbocycles. The Morgan fingerprint density at radius 1 is 0.651 bits per heavy atom. The fourth-order valence-corrected chi connectivity index (χ4v) is 6.22. The van der Waals surface area contributed by atoms with E-state index in [0.29, 0.717) is 26.1 Å². The van der Waals surface area contributed by atoms with E-state index < -0.39 is 0 Å². The molecule has 0 amide bonds. The number of aromatic nitrogens is 2. The van der Waals surface area contributed by atoms with Gasteiger partial charge in [-0.1, -0.05) is 168 Å². The summed E-state index contributed by atoms with van der Waals surface area (Å²) in [5.41, 5.74) is 0. The third kappa shape index (κ3) is 23.7. The highest BCUT2D eigenvalue weighted by molar-refractivity contribution is 5.69. The summed E-state index contributed by atoms with van der Waals surface area (Å²) < 4.78 is 9.96. The first-order valence-corrected chi connectivity index (χ1v) is 19.1. The number of nitrogens with zero attached hydrogens (tertiary/aromatic N) is 2. The van der Waals surface area contributed by atoms with Crippen LogP contribution in [0.1, 0.15) is 193 Å². The van der Waals surface area contributed by atoms with Gasteiger partial charge >= 0.3 is 5.97 Å². The molecule has 1 N–H and O–H groups in total. The molecular weight excluding hydrogens is 532 g/mol. The normalized spacial score (nSPS) is 11.4. The monoisotopic (exact) mass is 606 g/mol. The van der Waals surface area contributed by atoms with Crippen LogP contribution < -0.4 is 4.57 Å². The molecule has 1 aromatic rings. The minimum atomic E-state index is -0.0588. The molecular formula is C38H73N2O3+. The van der Waals surface area contributed by atoms with Crippen LogP contribution in [0.25, 0.3) is 0 Å². The van der Waals surface area contributed by atoms with Gasteiger partial charge in [-0.05, 0) is 12.8 Å². The Kier molecular flexibility index (Phi) is 28.3. The van der Waals surface area contributed by atoms with Crippen molar-refractivity contribution in [2.24, 2.45) is 0 Å². The number of aliphatic hydroxyl groups excluding tert-OH is 1. The Hall–Kier alpha value is -1.36. The number of ether oxygens (including phenoxy) is 1. The second-order valence-corrected chi connectivity index (χ2v) is 13.0. The van der Waals surface area contributed by atoms with Gasteiger partial charge in [0.05, 0.1) is 6.61 Å². The molecule has 1 aromatic heterocycles. The van der Waals surface area contributed by atoms with Crippen molar-refractivity contribution >= 4 is 5.97 Å². The zero-order chi connectivity index (χ0) is 31.1. The maximum absolute atomic E-state index is 12.3. The first-order chi connectivity index (χ1) is 21.2. The average molecular weight is 606 g/mol. The molecule has 0 aliphatic carbocycles. The predicted octanol–water partition coefficient (Wildman–Crippen LogP) is 10.4. The van der Waals surface area contributed by atoms with Gasteiger partial charge in [0.25, 0.3) is 5.82 Å². The van der Waals surface area contributed by atoms with Crippen molar-refractivity contribution in [1.82, 2.24) is 4.57 Å². The average Bonchev–Trinajstić information content (AvgIpc) is 3.38. The molecule has 0 aliphatic heterocycles. The fraction of sp³-hybridized carbons (Fsp3) is 0.895. The van der Waals surface area contributed by atoms with Crippen LogP contribution in [-0.2, 0) is 29.0 Å². The Morgan fingerprint density at radius 2 is 1.07 bits per heavy atom. The van der Waals surface area contributed by atoms with Crippen LogP contribution in [0.3, 0.4) is 0 Å². The molecule has 1 rings (SSSR count). The first-order valence-electron chi connectivity index (χ1n) is 19.1. The van der Waals surface area contributed by atoms with Crippen molar-refractivity contribution in [2.75, 3.05) is 13.2 Å². The fourth-order valence-electron chi connectivity index (χ4n) is 6.22. The number of esters is 1. The summed E-state index contributed by atoms with van der Waals surface area (Å²) in [7, 11) is 0. The van der Waals surface area contributed by atoms with Crippen LogP contribution in [-0.4, -0.2) is 28.9 Å². The molecule has 0 unspecified atom stereocenters. The van der Waals surface area contributed by atoms with E-state index in [4.69, 9.17) is 4.74 Å². The standard InChI is InChI=1S/C38H73N2O3/c1-3-5-7-9-11-13-15-17-19-21-23-25-27-29-37-39(33-35-41)31-32-40(37)34-36-43-38(42)30-28-26-24-22-20-18-16-14-12-10-8-6-4-2/h31-32,41H,3-30,33-36H2,1-2H3/q+1. The molecule has 5 nitrogen and oxygen atoms in total. The lowest BCUT2D eigenvalue weighted by Gasteiger charge is -2.07. The topological polar surface area (TPSA) is 55.3 Å². The second-order valence-electron chi connectivity index (χ2n) is 13.0. The molecule has 0 aliphatic rings. The molecule has 0 fully saturated rings. The van der Waals surface area contributed by atoms with Crippen molar-refractivity contribution in [2.45, 2.75) is 207 Å². The van der Waals surface area contributed by atoms with Crippen LogP contribution in [0.2, 0.25) is 0 Å². The Bertz CT molecular complexity index is 733. The highest BCUT2D eigenvalue weighted by Crippen LogP contribution is 2.15. The Labute approximate surface area is 267 Å². The van der Waals surface area contributed by atoms with E-state index in [2.05, 4.69) is 35.4 Å². The highest BCUT2D eigenvalue weighted by Gasteiger charge is 2.17. The van der Waals surface area contributed by atoms with Gasteiger partial charge in [0.2, 0.25) is 0 Å². The SMILES string of the molecule is CCCCCCCCCCCCCCCC(=O)OCCn1cc[n+](CCO)c1CCCCCCCCCCCCCCC. The summed E-state index contributed by atoms with van der Waals surface area (Å²) in [6, 6.07) is 0. The molecule has 0 aromatic carbocycles. The van der Waals surface area contributed by atoms with Crippen molar-refractivity contribution in [3.05, 3.63) is 18.2 Å². The zero-order valence-electron chi connectivity index (χ0n) is 28.9. The number of aliphatic hydroxyl groups is 1. The van der Waals surface area contributed by atoms with Gasteiger partial charge in [-0.3, -0.25) is 4.79 Å². The third-order valence-corrected chi connectivity index (χ3v) is 9.01. The molecule has 0 atom stereocenters. The quantitative estimate of drug-likeness (QED) is 0.0492. The zero-order valence-corrected chi connectivity index (χ0v) is 28.9. The van der Waals surface area contributed by atoms with E-state index in [9.17, 15) is 9.90 Å². The van der Waals surface area contributed by atoms with Crippen LogP contribution in [0.5, 0.6) is 0 Å². The summed E-state index contributed by atoms with van der Waals surface area (Å²) in [4.78, 5) is 12.3. The number of unbranched alkanes of at least 4 members (excludes halogenated alkanes) is 24. The van der Waals surface area contributed by atoms with E-state index in [1.165, 1.54) is 160 Å². The molecule has 252 valence electrons. The molecule has 0 radical (unpaired) electrons. The largest absolute Gasteiger partial charge is 0.461 e. The lowest BCUT2D eigenvalue weighted by molar-refractivity contribution is -0.705. The van der Waals surface area contributed by atoms with Gasteiger partial charge in [0, 0.05) is 12.8 Å². The maximum Gasteiger partial charge on any atom is 0.305 e. The highest BCUT2D eigenvalue weighted by atomic mass is 16.5. The van der Waals surface area contributed by atoms with Gasteiger partial charge in [0.1, 0.15) is 32.1 Å². The number of carbonyl (C=O) groups excluding carboxylic acids is 1. The van der Waals surface area contributed by atoms with Gasteiger partial charge in [0.15, 0.2) is 0 Å². The number of carbonyl (C=O) groups is 1. The van der Waals surface area contributed by atoms with Crippen LogP contribution in [0, 0.1) is 0 Å². The molecule has 0 saturated heterocycles. The Balaban J connectivity index is 2.08. The van der Waals surface area contributed by atoms with Gasteiger partial charge in [-0.15, -0.1) is 0 Å². The number of rotatable bonds is 33.